The zero-order valence-corrected chi connectivity index (χ0v) is 18.1. The van der Waals surface area contributed by atoms with Gasteiger partial charge in [-0.2, -0.15) is 0 Å². The highest BCUT2D eigenvalue weighted by Crippen LogP contribution is 2.23. The number of nitrogens with one attached hydrogen (secondary N) is 2. The summed E-state index contributed by atoms with van der Waals surface area (Å²) in [5.41, 5.74) is 0.906. The van der Waals surface area contributed by atoms with Gasteiger partial charge in [-0.1, -0.05) is 16.6 Å². The van der Waals surface area contributed by atoms with Crippen molar-refractivity contribution >= 4 is 29.8 Å². The highest BCUT2D eigenvalue weighted by Gasteiger charge is 2.39. The minimum Gasteiger partial charge on any atom is -0.450 e. The van der Waals surface area contributed by atoms with Crippen LogP contribution in [0.25, 0.3) is 11.3 Å². The van der Waals surface area contributed by atoms with Gasteiger partial charge < -0.3 is 14.6 Å². The Bertz CT molecular complexity index is 937. The van der Waals surface area contributed by atoms with Crippen LogP contribution in [0.4, 0.5) is 4.79 Å². The standard InChI is InChI=1S/C22H26ClN5O3/c23-18-5-3-17(4-6-18)20-8-7-19(31-20)15-25-28-16-21(29)27(22(28)30)12-2-1-11-26-13-9-24-10-14-26/h3-8,15,24H,1-2,9-14,16H2/p+1/b25-15+. The lowest BCUT2D eigenvalue weighted by Gasteiger charge is -2.27. The molecule has 0 unspecified atom stereocenters. The van der Waals surface area contributed by atoms with E-state index in [1.165, 1.54) is 9.91 Å². The highest BCUT2D eigenvalue weighted by molar-refractivity contribution is 6.30. The molecule has 0 saturated carbocycles. The molecule has 3 amide bonds. The Morgan fingerprint density at radius 3 is 2.55 bits per heavy atom. The van der Waals surface area contributed by atoms with Gasteiger partial charge in [-0.15, -0.1) is 5.10 Å². The number of furan rings is 1. The summed E-state index contributed by atoms with van der Waals surface area (Å²) in [5.74, 6) is 1.06. The number of hydrazone groups is 1. The van der Waals surface area contributed by atoms with Gasteiger partial charge in [0.2, 0.25) is 6.21 Å². The summed E-state index contributed by atoms with van der Waals surface area (Å²) in [6.45, 7) is 5.63. The van der Waals surface area contributed by atoms with Gasteiger partial charge in [0.05, 0.1) is 0 Å². The second-order valence-corrected chi connectivity index (χ2v) is 8.13. The third-order valence-corrected chi connectivity index (χ3v) is 5.74. The molecule has 2 aliphatic rings. The second-order valence-electron chi connectivity index (χ2n) is 7.70. The number of nitrogens with zero attached hydrogens (tertiary/aromatic N) is 3. The predicted molar refractivity (Wildman–Crippen MR) is 118 cm³/mol. The van der Waals surface area contributed by atoms with Crippen LogP contribution in [0, 0.1) is 0 Å². The molecular weight excluding hydrogens is 418 g/mol. The fourth-order valence-corrected chi connectivity index (χ4v) is 3.87. The van der Waals surface area contributed by atoms with E-state index < -0.39 is 0 Å². The van der Waals surface area contributed by atoms with Crippen LogP contribution >= 0.6 is 11.6 Å². The highest BCUT2D eigenvalue weighted by atomic mass is 35.5. The number of hydrogen-bond acceptors (Lipinski definition) is 5. The van der Waals surface area contributed by atoms with E-state index in [2.05, 4.69) is 15.3 Å². The van der Waals surface area contributed by atoms with E-state index in [0.717, 1.165) is 51.1 Å². The van der Waals surface area contributed by atoms with Crippen molar-refractivity contribution in [3.05, 3.63) is 47.2 Å². The first kappa shape index (κ1) is 21.5. The van der Waals surface area contributed by atoms with Crippen molar-refractivity contribution in [2.24, 2.45) is 0 Å². The Hall–Kier alpha value is -2.68. The molecule has 1 aromatic carbocycles. The first-order valence-corrected chi connectivity index (χ1v) is 11.0. The number of amides is 3. The van der Waals surface area contributed by atoms with Gasteiger partial charge in [-0.3, -0.25) is 9.69 Å². The summed E-state index contributed by atoms with van der Waals surface area (Å²) < 4.78 is 5.79. The molecule has 164 valence electrons. The van der Waals surface area contributed by atoms with E-state index in [1.807, 2.05) is 18.2 Å². The third-order valence-electron chi connectivity index (χ3n) is 5.49. The van der Waals surface area contributed by atoms with E-state index in [9.17, 15) is 9.59 Å². The van der Waals surface area contributed by atoms with Crippen molar-refractivity contribution in [2.45, 2.75) is 12.8 Å². The number of carbonyl (C=O) groups excluding carboxylic acids is 2. The van der Waals surface area contributed by atoms with Crippen LogP contribution in [0.3, 0.4) is 0 Å². The van der Waals surface area contributed by atoms with Gasteiger partial charge >= 0.3 is 6.03 Å². The Balaban J connectivity index is 1.27. The van der Waals surface area contributed by atoms with Crippen molar-refractivity contribution in [1.82, 2.24) is 20.1 Å². The minimum atomic E-state index is -0.326. The molecule has 3 heterocycles. The van der Waals surface area contributed by atoms with Gasteiger partial charge in [0.15, 0.2) is 12.3 Å². The number of unbranched alkanes of at least 4 members (excludes halogenated alkanes) is 1. The van der Waals surface area contributed by atoms with E-state index in [-0.39, 0.29) is 18.5 Å². The lowest BCUT2D eigenvalue weighted by atomic mass is 10.2. The van der Waals surface area contributed by atoms with Gasteiger partial charge in [0.1, 0.15) is 5.76 Å². The van der Waals surface area contributed by atoms with Crippen LogP contribution in [0.2, 0.25) is 5.02 Å². The topological polar surface area (TPSA) is 83.0 Å². The quantitative estimate of drug-likeness (QED) is 0.360. The Morgan fingerprint density at radius 1 is 1.03 bits per heavy atom. The van der Waals surface area contributed by atoms with Crippen LogP contribution in [0.1, 0.15) is 18.6 Å². The maximum Gasteiger partial charge on any atom is 0.380 e. The van der Waals surface area contributed by atoms with Crippen LogP contribution in [0.5, 0.6) is 0 Å². The summed E-state index contributed by atoms with van der Waals surface area (Å²) >= 11 is 5.92. The van der Waals surface area contributed by atoms with Crippen molar-refractivity contribution in [3.8, 4) is 11.3 Å². The molecule has 2 fully saturated rings. The summed E-state index contributed by atoms with van der Waals surface area (Å²) in [4.78, 5) is 28.6. The SMILES string of the molecule is O=C1CN(/[NH+]=C/c2ccc(-c3ccc(Cl)cc3)o2)C(=O)N1CCCCN1CCNCC1. The van der Waals surface area contributed by atoms with Crippen LogP contribution < -0.4 is 10.4 Å². The number of benzene rings is 1. The zero-order valence-electron chi connectivity index (χ0n) is 17.3. The molecule has 2 saturated heterocycles. The van der Waals surface area contributed by atoms with E-state index in [4.69, 9.17) is 16.0 Å². The van der Waals surface area contributed by atoms with Crippen molar-refractivity contribution in [2.75, 3.05) is 45.8 Å². The number of imide groups is 1. The largest absolute Gasteiger partial charge is 0.450 e. The predicted octanol–water partition coefficient (Wildman–Crippen LogP) is 0.964. The number of hydrazine groups is 1. The maximum absolute atomic E-state index is 12.6. The first-order chi connectivity index (χ1) is 15.1. The summed E-state index contributed by atoms with van der Waals surface area (Å²) in [5, 5.41) is 8.20. The number of hydrogen-bond donors (Lipinski definition) is 2. The average molecular weight is 445 g/mol. The molecule has 31 heavy (non-hydrogen) atoms. The molecular formula is C22H27ClN5O3+. The zero-order chi connectivity index (χ0) is 21.6. The first-order valence-electron chi connectivity index (χ1n) is 10.6. The summed E-state index contributed by atoms with van der Waals surface area (Å²) in [7, 11) is 0. The molecule has 0 aliphatic carbocycles. The maximum atomic E-state index is 12.6. The average Bonchev–Trinajstić information content (AvgIpc) is 3.36. The number of rotatable bonds is 8. The number of piperazine rings is 1. The normalized spacial score (nSPS) is 18.0. The molecule has 2 N–H and O–H groups in total. The summed E-state index contributed by atoms with van der Waals surface area (Å²) in [6.07, 6.45) is 3.36. The van der Waals surface area contributed by atoms with Gasteiger partial charge in [0, 0.05) is 43.3 Å². The number of urea groups is 1. The fraction of sp³-hybridized carbons (Fsp3) is 0.409. The molecule has 4 rings (SSSR count). The fourth-order valence-electron chi connectivity index (χ4n) is 3.74. The monoisotopic (exact) mass is 444 g/mol. The lowest BCUT2D eigenvalue weighted by molar-refractivity contribution is -0.612. The van der Waals surface area contributed by atoms with Crippen LogP contribution in [-0.4, -0.2) is 78.8 Å². The van der Waals surface area contributed by atoms with E-state index in [0.29, 0.717) is 23.1 Å². The van der Waals surface area contributed by atoms with E-state index >= 15 is 0 Å². The van der Waals surface area contributed by atoms with Crippen LogP contribution in [0.15, 0.2) is 40.8 Å². The van der Waals surface area contributed by atoms with Gasteiger partial charge in [-0.25, -0.2) is 4.79 Å². The van der Waals surface area contributed by atoms with Gasteiger partial charge in [-0.05, 0) is 55.8 Å². The number of carbonyl (C=O) groups is 2. The molecule has 0 spiro atoms. The molecule has 9 heteroatoms. The lowest BCUT2D eigenvalue weighted by Crippen LogP contribution is -2.82. The van der Waals surface area contributed by atoms with Crippen molar-refractivity contribution < 1.29 is 19.1 Å². The molecule has 8 nitrogen and oxygen atoms in total. The smallest absolute Gasteiger partial charge is 0.380 e. The minimum absolute atomic E-state index is 0.0118. The van der Waals surface area contributed by atoms with Crippen molar-refractivity contribution in [1.29, 1.82) is 0 Å². The Labute approximate surface area is 186 Å². The molecule has 1 aromatic heterocycles. The molecule has 2 aliphatic heterocycles. The molecule has 0 atom stereocenters. The second kappa shape index (κ2) is 10.1. The Kier molecular flexibility index (Phi) is 7.01. The summed E-state index contributed by atoms with van der Waals surface area (Å²) in [6, 6.07) is 10.7. The van der Waals surface area contributed by atoms with E-state index in [1.54, 1.807) is 24.4 Å². The Morgan fingerprint density at radius 2 is 1.77 bits per heavy atom. The molecule has 0 radical (unpaired) electrons. The van der Waals surface area contributed by atoms with Gasteiger partial charge in [0.25, 0.3) is 5.91 Å². The molecule has 2 aromatic rings. The van der Waals surface area contributed by atoms with Crippen LogP contribution in [-0.2, 0) is 4.79 Å². The number of halogens is 1. The molecule has 0 bridgehead atoms. The van der Waals surface area contributed by atoms with Crippen molar-refractivity contribution in [3.63, 3.8) is 0 Å². The third kappa shape index (κ3) is 5.52.